The Labute approximate surface area is 126 Å². The molecule has 0 bridgehead atoms. The third-order valence-corrected chi connectivity index (χ3v) is 3.23. The lowest BCUT2D eigenvalue weighted by atomic mass is 10.0. The molecule has 0 aromatic heterocycles. The molecule has 1 saturated heterocycles. The van der Waals surface area contributed by atoms with Crippen molar-refractivity contribution in [3.8, 4) is 0 Å². The molecule has 2 unspecified atom stereocenters. The first kappa shape index (κ1) is 17.8. The van der Waals surface area contributed by atoms with Crippen LogP contribution in [0, 0.1) is 0 Å². The first-order valence-corrected chi connectivity index (χ1v) is 7.51. The lowest BCUT2D eigenvalue weighted by Gasteiger charge is -2.40. The van der Waals surface area contributed by atoms with Crippen molar-refractivity contribution in [3.63, 3.8) is 0 Å². The van der Waals surface area contributed by atoms with Crippen LogP contribution in [-0.2, 0) is 19.0 Å². The summed E-state index contributed by atoms with van der Waals surface area (Å²) < 4.78 is 15.9. The van der Waals surface area contributed by atoms with Gasteiger partial charge in [-0.05, 0) is 41.0 Å². The minimum atomic E-state index is -0.537. The molecule has 0 spiro atoms. The lowest BCUT2D eigenvalue weighted by Crippen LogP contribution is -2.54. The van der Waals surface area contributed by atoms with E-state index >= 15 is 0 Å². The minimum absolute atomic E-state index is 0.124. The molecule has 0 aromatic carbocycles. The zero-order valence-corrected chi connectivity index (χ0v) is 13.7. The molecular formula is C15H27NO5. The van der Waals surface area contributed by atoms with Gasteiger partial charge in [-0.25, -0.2) is 4.79 Å². The van der Waals surface area contributed by atoms with Crippen molar-refractivity contribution in [3.05, 3.63) is 0 Å². The van der Waals surface area contributed by atoms with Crippen molar-refractivity contribution in [2.24, 2.45) is 0 Å². The predicted molar refractivity (Wildman–Crippen MR) is 78.0 cm³/mol. The van der Waals surface area contributed by atoms with Crippen molar-refractivity contribution in [2.45, 2.75) is 65.2 Å². The SMILES string of the molecule is CCOC(=O)CCC1C(C)OCCN1C(=O)OC(C)(C)C. The van der Waals surface area contributed by atoms with E-state index < -0.39 is 5.60 Å². The molecule has 21 heavy (non-hydrogen) atoms. The summed E-state index contributed by atoms with van der Waals surface area (Å²) in [6, 6.07) is -0.169. The van der Waals surface area contributed by atoms with Crippen molar-refractivity contribution in [1.82, 2.24) is 4.90 Å². The largest absolute Gasteiger partial charge is 0.466 e. The van der Waals surface area contributed by atoms with Gasteiger partial charge in [0.15, 0.2) is 0 Å². The summed E-state index contributed by atoms with van der Waals surface area (Å²) in [6.07, 6.45) is 0.303. The Kier molecular flexibility index (Phi) is 6.45. The molecule has 6 heteroatoms. The molecule has 1 rings (SSSR count). The average Bonchev–Trinajstić information content (AvgIpc) is 2.35. The van der Waals surface area contributed by atoms with Crippen molar-refractivity contribution >= 4 is 12.1 Å². The Bertz CT molecular complexity index is 364. The summed E-state index contributed by atoms with van der Waals surface area (Å²) in [7, 11) is 0. The van der Waals surface area contributed by atoms with E-state index in [1.165, 1.54) is 0 Å². The number of carbonyl (C=O) groups is 2. The second-order valence-electron chi connectivity index (χ2n) is 6.16. The quantitative estimate of drug-likeness (QED) is 0.746. The van der Waals surface area contributed by atoms with E-state index in [9.17, 15) is 9.59 Å². The van der Waals surface area contributed by atoms with Gasteiger partial charge in [0.25, 0.3) is 0 Å². The molecule has 0 radical (unpaired) electrons. The van der Waals surface area contributed by atoms with E-state index in [2.05, 4.69) is 0 Å². The van der Waals surface area contributed by atoms with Gasteiger partial charge < -0.3 is 19.1 Å². The number of hydrogen-bond donors (Lipinski definition) is 0. The molecule has 0 aliphatic carbocycles. The number of ether oxygens (including phenoxy) is 3. The molecule has 2 atom stereocenters. The summed E-state index contributed by atoms with van der Waals surface area (Å²) in [4.78, 5) is 25.4. The monoisotopic (exact) mass is 301 g/mol. The van der Waals surface area contributed by atoms with Crippen LogP contribution in [0.15, 0.2) is 0 Å². The number of esters is 1. The van der Waals surface area contributed by atoms with Gasteiger partial charge in [0, 0.05) is 13.0 Å². The van der Waals surface area contributed by atoms with Gasteiger partial charge in [-0.1, -0.05) is 0 Å². The molecule has 6 nitrogen and oxygen atoms in total. The highest BCUT2D eigenvalue weighted by molar-refractivity contribution is 5.70. The normalized spacial score (nSPS) is 22.8. The number of amides is 1. The number of hydrogen-bond acceptors (Lipinski definition) is 5. The lowest BCUT2D eigenvalue weighted by molar-refractivity contribution is -0.144. The van der Waals surface area contributed by atoms with Crippen LogP contribution in [0.3, 0.4) is 0 Å². The molecule has 0 saturated carbocycles. The van der Waals surface area contributed by atoms with Gasteiger partial charge in [-0.3, -0.25) is 4.79 Å². The average molecular weight is 301 g/mol. The van der Waals surface area contributed by atoms with Crippen molar-refractivity contribution in [1.29, 1.82) is 0 Å². The molecular weight excluding hydrogens is 274 g/mol. The molecule has 1 amide bonds. The van der Waals surface area contributed by atoms with Crippen LogP contribution in [0.1, 0.15) is 47.5 Å². The minimum Gasteiger partial charge on any atom is -0.466 e. The van der Waals surface area contributed by atoms with Crippen LogP contribution in [0.2, 0.25) is 0 Å². The first-order chi connectivity index (χ1) is 9.74. The van der Waals surface area contributed by atoms with E-state index in [-0.39, 0.29) is 30.6 Å². The highest BCUT2D eigenvalue weighted by Crippen LogP contribution is 2.21. The third-order valence-electron chi connectivity index (χ3n) is 3.23. The van der Waals surface area contributed by atoms with Crippen LogP contribution in [-0.4, -0.2) is 54.5 Å². The Morgan fingerprint density at radius 3 is 2.57 bits per heavy atom. The second-order valence-corrected chi connectivity index (χ2v) is 6.16. The number of nitrogens with zero attached hydrogens (tertiary/aromatic N) is 1. The van der Waals surface area contributed by atoms with Crippen LogP contribution in [0.25, 0.3) is 0 Å². The zero-order valence-electron chi connectivity index (χ0n) is 13.7. The van der Waals surface area contributed by atoms with Crippen molar-refractivity contribution in [2.75, 3.05) is 19.8 Å². The molecule has 122 valence electrons. The summed E-state index contributed by atoms with van der Waals surface area (Å²) in [5.74, 6) is -0.251. The van der Waals surface area contributed by atoms with Gasteiger partial charge in [0.2, 0.25) is 0 Å². The molecule has 1 aliphatic rings. The van der Waals surface area contributed by atoms with E-state index in [1.54, 1.807) is 11.8 Å². The maximum atomic E-state index is 12.3. The third kappa shape index (κ3) is 5.91. The number of carbonyl (C=O) groups excluding carboxylic acids is 2. The predicted octanol–water partition coefficient (Wildman–Crippen LogP) is 2.35. The fraction of sp³-hybridized carbons (Fsp3) is 0.867. The summed E-state index contributed by atoms with van der Waals surface area (Å²) in [5.41, 5.74) is -0.537. The molecule has 1 fully saturated rings. The Morgan fingerprint density at radius 2 is 2.00 bits per heavy atom. The van der Waals surface area contributed by atoms with Crippen molar-refractivity contribution < 1.29 is 23.8 Å². The summed E-state index contributed by atoms with van der Waals surface area (Å²) in [6.45, 7) is 10.5. The highest BCUT2D eigenvalue weighted by Gasteiger charge is 2.35. The van der Waals surface area contributed by atoms with Crippen LogP contribution < -0.4 is 0 Å². The molecule has 0 N–H and O–H groups in total. The smallest absolute Gasteiger partial charge is 0.410 e. The van der Waals surface area contributed by atoms with E-state index in [1.807, 2.05) is 27.7 Å². The zero-order chi connectivity index (χ0) is 16.0. The van der Waals surface area contributed by atoms with Gasteiger partial charge in [0.1, 0.15) is 5.60 Å². The Morgan fingerprint density at radius 1 is 1.33 bits per heavy atom. The second kappa shape index (κ2) is 7.64. The molecule has 0 aromatic rings. The highest BCUT2D eigenvalue weighted by atomic mass is 16.6. The van der Waals surface area contributed by atoms with E-state index in [0.29, 0.717) is 26.2 Å². The van der Waals surface area contributed by atoms with Gasteiger partial charge in [-0.2, -0.15) is 0 Å². The summed E-state index contributed by atoms with van der Waals surface area (Å²) in [5, 5.41) is 0. The first-order valence-electron chi connectivity index (χ1n) is 7.51. The maximum absolute atomic E-state index is 12.3. The number of rotatable bonds is 4. The van der Waals surface area contributed by atoms with Crippen LogP contribution >= 0.6 is 0 Å². The van der Waals surface area contributed by atoms with Gasteiger partial charge >= 0.3 is 12.1 Å². The fourth-order valence-corrected chi connectivity index (χ4v) is 2.30. The molecule has 1 heterocycles. The number of morpholine rings is 1. The van der Waals surface area contributed by atoms with E-state index in [0.717, 1.165) is 0 Å². The van der Waals surface area contributed by atoms with Crippen LogP contribution in [0.5, 0.6) is 0 Å². The van der Waals surface area contributed by atoms with Gasteiger partial charge in [0.05, 0.1) is 25.4 Å². The maximum Gasteiger partial charge on any atom is 0.410 e. The van der Waals surface area contributed by atoms with E-state index in [4.69, 9.17) is 14.2 Å². The fourth-order valence-electron chi connectivity index (χ4n) is 2.30. The molecule has 1 aliphatic heterocycles. The summed E-state index contributed by atoms with van der Waals surface area (Å²) >= 11 is 0. The van der Waals surface area contributed by atoms with Crippen LogP contribution in [0.4, 0.5) is 4.79 Å². The Balaban J connectivity index is 2.65. The van der Waals surface area contributed by atoms with Gasteiger partial charge in [-0.15, -0.1) is 0 Å². The topological polar surface area (TPSA) is 65.1 Å². The Hall–Kier alpha value is -1.30. The standard InChI is InChI=1S/C15H27NO5/c1-6-19-13(17)8-7-12-11(2)20-10-9-16(12)14(18)21-15(3,4)5/h11-12H,6-10H2,1-5H3.